The average Bonchev–Trinajstić information content (AvgIpc) is 3.54. The van der Waals surface area contributed by atoms with E-state index in [4.69, 9.17) is 4.74 Å². The number of rotatable bonds is 7. The zero-order valence-corrected chi connectivity index (χ0v) is 22.7. The first-order valence-electron chi connectivity index (χ1n) is 13.3. The predicted octanol–water partition coefficient (Wildman–Crippen LogP) is 3.34. The number of anilines is 2. The molecule has 41 heavy (non-hydrogen) atoms. The van der Waals surface area contributed by atoms with Crippen LogP contribution in [0, 0.1) is 11.6 Å². The lowest BCUT2D eigenvalue weighted by Crippen LogP contribution is -2.44. The molecule has 1 aliphatic carbocycles. The summed E-state index contributed by atoms with van der Waals surface area (Å²) in [6, 6.07) is 6.17. The fourth-order valence-electron chi connectivity index (χ4n) is 5.07. The molecule has 3 heterocycles. The number of sulfonamides is 1. The number of benzene rings is 2. The summed E-state index contributed by atoms with van der Waals surface area (Å²) in [5.74, 6) is -2.50. The summed E-state index contributed by atoms with van der Waals surface area (Å²) >= 11 is 0. The van der Waals surface area contributed by atoms with Gasteiger partial charge in [-0.05, 0) is 43.2 Å². The van der Waals surface area contributed by atoms with Crippen LogP contribution in [0.15, 0.2) is 53.8 Å². The smallest absolute Gasteiger partial charge is 0.266 e. The Morgan fingerprint density at radius 3 is 2.46 bits per heavy atom. The molecule has 2 fully saturated rings. The molecule has 1 saturated carbocycles. The number of piperazine rings is 1. The van der Waals surface area contributed by atoms with Crippen molar-refractivity contribution in [2.45, 2.75) is 30.9 Å². The van der Waals surface area contributed by atoms with Gasteiger partial charge in [0.25, 0.3) is 5.56 Å². The summed E-state index contributed by atoms with van der Waals surface area (Å²) in [5.41, 5.74) is -0.134. The quantitative estimate of drug-likeness (QED) is 0.336. The maximum absolute atomic E-state index is 15.3. The number of hydrogen-bond donors (Lipinski definition) is 2. The number of hydrogen-bond acceptors (Lipinski definition) is 9. The van der Waals surface area contributed by atoms with Crippen LogP contribution in [0.1, 0.15) is 25.7 Å². The minimum atomic E-state index is -3.85. The van der Waals surface area contributed by atoms with E-state index in [1.807, 2.05) is 4.90 Å². The van der Waals surface area contributed by atoms with Crippen LogP contribution in [0.5, 0.6) is 11.5 Å². The number of nitrogens with one attached hydrogen (secondary N) is 2. The van der Waals surface area contributed by atoms with Crippen molar-refractivity contribution in [2.24, 2.45) is 0 Å². The second-order valence-corrected chi connectivity index (χ2v) is 11.9. The Bertz CT molecular complexity index is 1750. The van der Waals surface area contributed by atoms with Crippen LogP contribution in [0.25, 0.3) is 16.6 Å². The van der Waals surface area contributed by atoms with Crippen molar-refractivity contribution in [3.8, 4) is 17.2 Å². The molecule has 2 aromatic carbocycles. The molecule has 1 aliphatic heterocycles. The molecule has 14 heteroatoms. The molecule has 1 saturated heterocycles. The molecule has 0 atom stereocenters. The minimum Gasteiger partial charge on any atom is -0.451 e. The van der Waals surface area contributed by atoms with Gasteiger partial charge in [-0.1, -0.05) is 12.8 Å². The van der Waals surface area contributed by atoms with Crippen LogP contribution in [0.3, 0.4) is 0 Å². The number of ether oxygens (including phenoxy) is 1. The van der Waals surface area contributed by atoms with Gasteiger partial charge in [0, 0.05) is 26.2 Å². The van der Waals surface area contributed by atoms with E-state index >= 15 is 4.39 Å². The zero-order valence-electron chi connectivity index (χ0n) is 21.9. The predicted molar refractivity (Wildman–Crippen MR) is 149 cm³/mol. The number of halogens is 2. The van der Waals surface area contributed by atoms with Crippen molar-refractivity contribution >= 4 is 32.6 Å². The van der Waals surface area contributed by atoms with E-state index < -0.39 is 43.9 Å². The van der Waals surface area contributed by atoms with E-state index in [0.29, 0.717) is 30.0 Å². The summed E-state index contributed by atoms with van der Waals surface area (Å²) in [5, 5.41) is 2.77. The first kappa shape index (κ1) is 27.0. The third kappa shape index (κ3) is 5.44. The minimum absolute atomic E-state index is 0.0342. The van der Waals surface area contributed by atoms with Gasteiger partial charge in [-0.25, -0.2) is 32.2 Å². The molecule has 2 aliphatic rings. The molecule has 6 rings (SSSR count). The Hall–Kier alpha value is -4.17. The highest BCUT2D eigenvalue weighted by Gasteiger charge is 2.30. The van der Waals surface area contributed by atoms with Crippen LogP contribution >= 0.6 is 0 Å². The van der Waals surface area contributed by atoms with Gasteiger partial charge in [0.1, 0.15) is 12.1 Å². The van der Waals surface area contributed by atoms with E-state index in [9.17, 15) is 17.6 Å². The zero-order chi connectivity index (χ0) is 28.6. The number of aromatic nitrogens is 4. The Balaban J connectivity index is 1.28. The first-order chi connectivity index (χ1) is 19.8. The van der Waals surface area contributed by atoms with E-state index in [-0.39, 0.29) is 11.1 Å². The van der Waals surface area contributed by atoms with Crippen molar-refractivity contribution in [3.63, 3.8) is 0 Å². The Morgan fingerprint density at radius 2 is 1.73 bits per heavy atom. The Morgan fingerprint density at radius 1 is 1.00 bits per heavy atom. The highest BCUT2D eigenvalue weighted by atomic mass is 32.2. The third-order valence-electron chi connectivity index (χ3n) is 7.29. The first-order valence-corrected chi connectivity index (χ1v) is 14.8. The summed E-state index contributed by atoms with van der Waals surface area (Å²) in [7, 11) is -3.85. The molecular formula is C27H27F2N7O4S. The molecule has 0 spiro atoms. The summed E-state index contributed by atoms with van der Waals surface area (Å²) in [6.07, 6.45) is 6.93. The molecule has 0 bridgehead atoms. The fraction of sp³-hybridized carbons (Fsp3) is 0.333. The molecule has 4 aromatic rings. The number of fused-ring (bicyclic) bond motifs is 1. The summed E-state index contributed by atoms with van der Waals surface area (Å²) in [6.45, 7) is 3.21. The van der Waals surface area contributed by atoms with Gasteiger partial charge in [-0.2, -0.15) is 0 Å². The summed E-state index contributed by atoms with van der Waals surface area (Å²) < 4.78 is 64.3. The normalized spacial score (nSPS) is 16.3. The maximum atomic E-state index is 15.3. The lowest BCUT2D eigenvalue weighted by atomic mass is 10.2. The largest absolute Gasteiger partial charge is 0.451 e. The molecule has 2 aromatic heterocycles. The van der Waals surface area contributed by atoms with Crippen LogP contribution in [0.2, 0.25) is 0 Å². The Labute approximate surface area is 234 Å². The molecule has 2 N–H and O–H groups in total. The molecule has 0 amide bonds. The van der Waals surface area contributed by atoms with Gasteiger partial charge >= 0.3 is 0 Å². The standard InChI is InChI=1S/C27H27F2N7O4S/c28-21-6-8-23(34-41(38,39)19-3-1-2-4-19)24(29)25(21)40-18-5-7-22-20(13-18)26(37)36(16-33-22)17-14-31-27(32-15-17)35-11-9-30-10-12-35/h5-8,13-16,19,30,34H,1-4,9-12H2. The van der Waals surface area contributed by atoms with Gasteiger partial charge in [0.05, 0.1) is 39.9 Å². The van der Waals surface area contributed by atoms with E-state index in [1.54, 1.807) is 0 Å². The number of nitrogens with zero attached hydrogens (tertiary/aromatic N) is 5. The van der Waals surface area contributed by atoms with Gasteiger partial charge in [0.2, 0.25) is 21.7 Å². The highest BCUT2D eigenvalue weighted by Crippen LogP contribution is 2.34. The van der Waals surface area contributed by atoms with Crippen molar-refractivity contribution in [1.82, 2.24) is 24.8 Å². The van der Waals surface area contributed by atoms with Crippen molar-refractivity contribution in [1.29, 1.82) is 0 Å². The highest BCUT2D eigenvalue weighted by molar-refractivity contribution is 7.93. The van der Waals surface area contributed by atoms with Crippen LogP contribution in [-0.2, 0) is 10.0 Å². The van der Waals surface area contributed by atoms with Crippen molar-refractivity contribution in [3.05, 3.63) is 71.0 Å². The van der Waals surface area contributed by atoms with Crippen molar-refractivity contribution < 1.29 is 21.9 Å². The monoisotopic (exact) mass is 583 g/mol. The maximum Gasteiger partial charge on any atom is 0.266 e. The third-order valence-corrected chi connectivity index (χ3v) is 9.15. The van der Waals surface area contributed by atoms with Crippen molar-refractivity contribution in [2.75, 3.05) is 35.8 Å². The van der Waals surface area contributed by atoms with Crippen LogP contribution in [-0.4, -0.2) is 59.4 Å². The SMILES string of the molecule is O=c1c2cc(Oc3c(F)ccc(NS(=O)(=O)C4CCCC4)c3F)ccc2ncn1-c1cnc(N2CCNCC2)nc1. The molecule has 0 unspecified atom stereocenters. The topological polar surface area (TPSA) is 131 Å². The fourth-order valence-corrected chi connectivity index (χ4v) is 6.66. The Kier molecular flexibility index (Phi) is 7.26. The van der Waals surface area contributed by atoms with Crippen LogP contribution in [0.4, 0.5) is 20.4 Å². The molecule has 11 nitrogen and oxygen atoms in total. The van der Waals surface area contributed by atoms with Gasteiger partial charge in [-0.3, -0.25) is 14.1 Å². The van der Waals surface area contributed by atoms with Crippen LogP contribution < -0.4 is 25.2 Å². The van der Waals surface area contributed by atoms with E-state index in [0.717, 1.165) is 51.2 Å². The average molecular weight is 584 g/mol. The second kappa shape index (κ2) is 11.0. The second-order valence-electron chi connectivity index (χ2n) is 9.97. The summed E-state index contributed by atoms with van der Waals surface area (Å²) in [4.78, 5) is 28.5. The lowest BCUT2D eigenvalue weighted by molar-refractivity contribution is 0.409. The van der Waals surface area contributed by atoms with E-state index in [2.05, 4.69) is 25.0 Å². The van der Waals surface area contributed by atoms with Gasteiger partial charge < -0.3 is 15.0 Å². The lowest BCUT2D eigenvalue weighted by Gasteiger charge is -2.27. The van der Waals surface area contributed by atoms with Gasteiger partial charge in [0.15, 0.2) is 11.6 Å². The molecule has 0 radical (unpaired) electrons. The van der Waals surface area contributed by atoms with Gasteiger partial charge in [-0.15, -0.1) is 0 Å². The van der Waals surface area contributed by atoms with E-state index in [1.165, 1.54) is 41.5 Å². The molecule has 214 valence electrons. The molecular weight excluding hydrogens is 556 g/mol.